The fourth-order valence-electron chi connectivity index (χ4n) is 2.33. The first kappa shape index (κ1) is 9.44. The Bertz CT molecular complexity index is 178. The maximum Gasteiger partial charge on any atom is 0.0809 e. The van der Waals surface area contributed by atoms with E-state index in [0.29, 0.717) is 0 Å². The molecule has 1 heterocycles. The number of morpholine rings is 1. The topological polar surface area (TPSA) is 32.7 Å². The second-order valence-electron chi connectivity index (χ2n) is 4.47. The molecule has 2 fully saturated rings. The van der Waals surface area contributed by atoms with Gasteiger partial charge in [-0.05, 0) is 26.2 Å². The predicted octanol–water partition coefficient (Wildman–Crippen LogP) is 0.622. The Balaban J connectivity index is 1.85. The molecule has 2 aliphatic rings. The number of aliphatic hydroxyl groups excluding tert-OH is 1. The summed E-state index contributed by atoms with van der Waals surface area (Å²) < 4.78 is 5.79. The van der Waals surface area contributed by atoms with Crippen molar-refractivity contribution in [2.75, 3.05) is 26.2 Å². The Morgan fingerprint density at radius 2 is 2.31 bits per heavy atom. The second kappa shape index (κ2) is 3.56. The molecule has 0 radical (unpaired) electrons. The maximum absolute atomic E-state index is 9.28. The fourth-order valence-corrected chi connectivity index (χ4v) is 2.33. The summed E-state index contributed by atoms with van der Waals surface area (Å²) in [6.45, 7) is 5.49. The minimum Gasteiger partial charge on any atom is -0.392 e. The zero-order valence-electron chi connectivity index (χ0n) is 8.33. The molecule has 1 saturated carbocycles. The highest BCUT2D eigenvalue weighted by Crippen LogP contribution is 2.37. The molecule has 0 aromatic carbocycles. The first-order valence-corrected chi connectivity index (χ1v) is 5.25. The molecule has 1 unspecified atom stereocenters. The summed E-state index contributed by atoms with van der Waals surface area (Å²) in [5, 5.41) is 9.28. The summed E-state index contributed by atoms with van der Waals surface area (Å²) in [6.07, 6.45) is 3.52. The van der Waals surface area contributed by atoms with Crippen LogP contribution >= 0.6 is 0 Å². The van der Waals surface area contributed by atoms with Crippen LogP contribution in [0.4, 0.5) is 0 Å². The van der Waals surface area contributed by atoms with Crippen molar-refractivity contribution >= 4 is 0 Å². The predicted molar refractivity (Wildman–Crippen MR) is 50.7 cm³/mol. The fraction of sp³-hybridized carbons (Fsp3) is 1.00. The van der Waals surface area contributed by atoms with Gasteiger partial charge in [0.15, 0.2) is 0 Å². The van der Waals surface area contributed by atoms with Gasteiger partial charge in [0.1, 0.15) is 0 Å². The van der Waals surface area contributed by atoms with Gasteiger partial charge in [-0.1, -0.05) is 0 Å². The highest BCUT2D eigenvalue weighted by atomic mass is 16.5. The molecule has 0 bridgehead atoms. The molecule has 2 rings (SSSR count). The Morgan fingerprint density at radius 3 is 2.85 bits per heavy atom. The zero-order chi connectivity index (χ0) is 9.31. The summed E-state index contributed by atoms with van der Waals surface area (Å²) in [4.78, 5) is 2.33. The average Bonchev–Trinajstić information content (AvgIpc) is 2.01. The number of β-amino-alcohol motifs (C(OH)–C–C–N with tert-alkyl or cyclic N) is 1. The van der Waals surface area contributed by atoms with Gasteiger partial charge in [-0.25, -0.2) is 0 Å². The molecule has 0 aromatic heterocycles. The van der Waals surface area contributed by atoms with E-state index in [1.165, 1.54) is 19.3 Å². The zero-order valence-corrected chi connectivity index (χ0v) is 8.33. The summed E-state index contributed by atoms with van der Waals surface area (Å²) in [6, 6.07) is 0. The molecule has 3 heteroatoms. The number of ether oxygens (including phenoxy) is 1. The van der Waals surface area contributed by atoms with Gasteiger partial charge >= 0.3 is 0 Å². The van der Waals surface area contributed by atoms with E-state index in [1.807, 2.05) is 6.92 Å². The van der Waals surface area contributed by atoms with E-state index >= 15 is 0 Å². The number of aliphatic hydroxyl groups is 1. The molecule has 76 valence electrons. The SMILES string of the molecule is CC(O)CN1CCOC2(CCC2)C1. The summed E-state index contributed by atoms with van der Waals surface area (Å²) in [5.41, 5.74) is 0.174. The van der Waals surface area contributed by atoms with E-state index in [1.54, 1.807) is 0 Å². The van der Waals surface area contributed by atoms with Crippen LogP contribution in [0.3, 0.4) is 0 Å². The first-order chi connectivity index (χ1) is 6.20. The molecule has 1 aliphatic heterocycles. The Labute approximate surface area is 79.7 Å². The molecule has 13 heavy (non-hydrogen) atoms. The van der Waals surface area contributed by atoms with Gasteiger partial charge in [0.25, 0.3) is 0 Å². The van der Waals surface area contributed by atoms with E-state index in [0.717, 1.165) is 26.2 Å². The third-order valence-corrected chi connectivity index (χ3v) is 3.11. The first-order valence-electron chi connectivity index (χ1n) is 5.25. The summed E-state index contributed by atoms with van der Waals surface area (Å²) in [5.74, 6) is 0. The molecular weight excluding hydrogens is 166 g/mol. The number of hydrogen-bond acceptors (Lipinski definition) is 3. The Hall–Kier alpha value is -0.120. The van der Waals surface area contributed by atoms with E-state index in [2.05, 4.69) is 4.90 Å². The van der Waals surface area contributed by atoms with E-state index in [9.17, 15) is 5.11 Å². The molecule has 1 aliphatic carbocycles. The largest absolute Gasteiger partial charge is 0.392 e. The van der Waals surface area contributed by atoms with Gasteiger partial charge in [-0.3, -0.25) is 4.90 Å². The number of nitrogens with zero attached hydrogens (tertiary/aromatic N) is 1. The summed E-state index contributed by atoms with van der Waals surface area (Å²) >= 11 is 0. The van der Waals surface area contributed by atoms with Crippen LogP contribution in [0.15, 0.2) is 0 Å². The average molecular weight is 185 g/mol. The smallest absolute Gasteiger partial charge is 0.0809 e. The molecule has 1 saturated heterocycles. The minimum atomic E-state index is -0.213. The van der Waals surface area contributed by atoms with Gasteiger partial charge < -0.3 is 9.84 Å². The lowest BCUT2D eigenvalue weighted by molar-refractivity contribution is -0.154. The lowest BCUT2D eigenvalue weighted by Crippen LogP contribution is -2.56. The maximum atomic E-state index is 9.28. The van der Waals surface area contributed by atoms with E-state index in [-0.39, 0.29) is 11.7 Å². The monoisotopic (exact) mass is 185 g/mol. The molecule has 1 atom stereocenters. The van der Waals surface area contributed by atoms with Gasteiger partial charge in [0.2, 0.25) is 0 Å². The van der Waals surface area contributed by atoms with Crippen LogP contribution in [0.2, 0.25) is 0 Å². The second-order valence-corrected chi connectivity index (χ2v) is 4.47. The van der Waals surface area contributed by atoms with Crippen LogP contribution < -0.4 is 0 Å². The molecular formula is C10H19NO2. The molecule has 1 N–H and O–H groups in total. The summed E-state index contributed by atoms with van der Waals surface area (Å²) in [7, 11) is 0. The van der Waals surface area contributed by atoms with Crippen LogP contribution in [0, 0.1) is 0 Å². The van der Waals surface area contributed by atoms with E-state index < -0.39 is 0 Å². The lowest BCUT2D eigenvalue weighted by Gasteiger charge is -2.48. The van der Waals surface area contributed by atoms with Crippen molar-refractivity contribution < 1.29 is 9.84 Å². The third-order valence-electron chi connectivity index (χ3n) is 3.11. The molecule has 3 nitrogen and oxygen atoms in total. The van der Waals surface area contributed by atoms with Crippen LogP contribution in [0.5, 0.6) is 0 Å². The highest BCUT2D eigenvalue weighted by Gasteiger charge is 2.41. The van der Waals surface area contributed by atoms with Crippen LogP contribution in [0.25, 0.3) is 0 Å². The number of rotatable bonds is 2. The minimum absolute atomic E-state index is 0.174. The third kappa shape index (κ3) is 2.03. The molecule has 0 amide bonds. The van der Waals surface area contributed by atoms with Crippen molar-refractivity contribution in [2.45, 2.75) is 37.9 Å². The van der Waals surface area contributed by atoms with Crippen molar-refractivity contribution in [1.82, 2.24) is 4.90 Å². The van der Waals surface area contributed by atoms with Gasteiger partial charge in [0, 0.05) is 19.6 Å². The molecule has 1 spiro atoms. The van der Waals surface area contributed by atoms with Gasteiger partial charge in [0.05, 0.1) is 18.3 Å². The Morgan fingerprint density at radius 1 is 1.54 bits per heavy atom. The highest BCUT2D eigenvalue weighted by molar-refractivity contribution is 4.95. The number of hydrogen-bond donors (Lipinski definition) is 1. The quantitative estimate of drug-likeness (QED) is 0.684. The van der Waals surface area contributed by atoms with Gasteiger partial charge in [-0.15, -0.1) is 0 Å². The van der Waals surface area contributed by atoms with Crippen molar-refractivity contribution in [2.24, 2.45) is 0 Å². The van der Waals surface area contributed by atoms with Crippen LogP contribution in [-0.2, 0) is 4.74 Å². The van der Waals surface area contributed by atoms with E-state index in [4.69, 9.17) is 4.74 Å². The lowest BCUT2D eigenvalue weighted by atomic mass is 9.79. The van der Waals surface area contributed by atoms with Crippen molar-refractivity contribution in [3.63, 3.8) is 0 Å². The standard InChI is InChI=1S/C10H19NO2/c1-9(12)7-11-5-6-13-10(8-11)3-2-4-10/h9,12H,2-8H2,1H3. The van der Waals surface area contributed by atoms with Crippen molar-refractivity contribution in [1.29, 1.82) is 0 Å². The van der Waals surface area contributed by atoms with Crippen molar-refractivity contribution in [3.8, 4) is 0 Å². The van der Waals surface area contributed by atoms with Crippen LogP contribution in [-0.4, -0.2) is 48.0 Å². The molecule has 0 aromatic rings. The Kier molecular flexibility index (Phi) is 2.58. The van der Waals surface area contributed by atoms with Crippen molar-refractivity contribution in [3.05, 3.63) is 0 Å². The van der Waals surface area contributed by atoms with Gasteiger partial charge in [-0.2, -0.15) is 0 Å². The normalized spacial score (nSPS) is 30.0. The van der Waals surface area contributed by atoms with Crippen LogP contribution in [0.1, 0.15) is 26.2 Å².